The summed E-state index contributed by atoms with van der Waals surface area (Å²) in [6.07, 6.45) is 3.79. The van der Waals surface area contributed by atoms with Crippen molar-refractivity contribution in [1.82, 2.24) is 4.90 Å². The molecule has 0 spiro atoms. The zero-order chi connectivity index (χ0) is 14.4. The van der Waals surface area contributed by atoms with Crippen LogP contribution in [0.25, 0.3) is 0 Å². The molecule has 0 radical (unpaired) electrons. The molecular formula is C17H24N2O. The van der Waals surface area contributed by atoms with Gasteiger partial charge < -0.3 is 10.2 Å². The Morgan fingerprint density at radius 1 is 1.15 bits per heavy atom. The van der Waals surface area contributed by atoms with Crippen LogP contribution in [-0.4, -0.2) is 24.0 Å². The van der Waals surface area contributed by atoms with Gasteiger partial charge in [0.25, 0.3) is 0 Å². The van der Waals surface area contributed by atoms with Crippen molar-refractivity contribution in [2.75, 3.05) is 13.6 Å². The number of nitrogens with zero attached hydrogens (tertiary/aromatic N) is 1. The van der Waals surface area contributed by atoms with Gasteiger partial charge in [-0.05, 0) is 44.5 Å². The molecular weight excluding hydrogens is 248 g/mol. The molecule has 0 saturated carbocycles. The first kappa shape index (κ1) is 14.8. The summed E-state index contributed by atoms with van der Waals surface area (Å²) in [7, 11) is 2.11. The third kappa shape index (κ3) is 3.71. The molecule has 2 aromatic rings. The predicted molar refractivity (Wildman–Crippen MR) is 82.4 cm³/mol. The lowest BCUT2D eigenvalue weighted by Crippen LogP contribution is -2.49. The van der Waals surface area contributed by atoms with Crippen molar-refractivity contribution in [3.8, 4) is 0 Å². The van der Waals surface area contributed by atoms with E-state index in [-0.39, 0.29) is 5.54 Å². The van der Waals surface area contributed by atoms with E-state index in [1.165, 1.54) is 5.56 Å². The molecule has 1 unspecified atom stereocenters. The van der Waals surface area contributed by atoms with Gasteiger partial charge in [-0.1, -0.05) is 30.3 Å². The number of furan rings is 1. The average Bonchev–Trinajstić information content (AvgIpc) is 2.98. The van der Waals surface area contributed by atoms with Crippen molar-refractivity contribution in [2.45, 2.75) is 31.8 Å². The molecule has 0 fully saturated rings. The Bertz CT molecular complexity index is 495. The van der Waals surface area contributed by atoms with E-state index in [1.807, 2.05) is 12.1 Å². The number of hydrogen-bond acceptors (Lipinski definition) is 3. The molecule has 2 N–H and O–H groups in total. The minimum absolute atomic E-state index is 0.0252. The number of hydrogen-bond donors (Lipinski definition) is 1. The number of rotatable bonds is 7. The quantitative estimate of drug-likeness (QED) is 0.842. The molecule has 1 atom stereocenters. The van der Waals surface area contributed by atoms with E-state index < -0.39 is 0 Å². The minimum Gasteiger partial charge on any atom is -0.468 e. The number of nitrogens with two attached hydrogens (primary N) is 1. The molecule has 1 aromatic heterocycles. The molecule has 0 aliphatic rings. The molecule has 0 bridgehead atoms. The van der Waals surface area contributed by atoms with Gasteiger partial charge >= 0.3 is 0 Å². The van der Waals surface area contributed by atoms with E-state index in [0.29, 0.717) is 6.54 Å². The van der Waals surface area contributed by atoms with Gasteiger partial charge in [0.2, 0.25) is 0 Å². The van der Waals surface area contributed by atoms with Crippen molar-refractivity contribution in [1.29, 1.82) is 0 Å². The second kappa shape index (κ2) is 6.73. The summed E-state index contributed by atoms with van der Waals surface area (Å²) in [4.78, 5) is 2.29. The molecule has 3 nitrogen and oxygen atoms in total. The maximum absolute atomic E-state index is 6.03. The summed E-state index contributed by atoms with van der Waals surface area (Å²) in [6, 6.07) is 14.5. The second-order valence-corrected chi connectivity index (χ2v) is 5.62. The highest BCUT2D eigenvalue weighted by Crippen LogP contribution is 2.22. The van der Waals surface area contributed by atoms with E-state index in [0.717, 1.165) is 25.1 Å². The van der Waals surface area contributed by atoms with Crippen molar-refractivity contribution < 1.29 is 4.42 Å². The third-order valence-corrected chi connectivity index (χ3v) is 4.13. The first-order chi connectivity index (χ1) is 9.64. The van der Waals surface area contributed by atoms with Crippen molar-refractivity contribution in [2.24, 2.45) is 5.73 Å². The molecule has 0 aliphatic carbocycles. The Balaban J connectivity index is 1.97. The van der Waals surface area contributed by atoms with Crippen LogP contribution in [0.4, 0.5) is 0 Å². The second-order valence-electron chi connectivity index (χ2n) is 5.62. The van der Waals surface area contributed by atoms with E-state index >= 15 is 0 Å². The lowest BCUT2D eigenvalue weighted by molar-refractivity contribution is 0.117. The third-order valence-electron chi connectivity index (χ3n) is 4.13. The number of likely N-dealkylation sites (N-methyl/N-ethyl adjacent to an activating group) is 1. The Kier molecular flexibility index (Phi) is 4.99. The van der Waals surface area contributed by atoms with Crippen LogP contribution in [0.1, 0.15) is 24.7 Å². The fourth-order valence-corrected chi connectivity index (χ4v) is 2.33. The maximum atomic E-state index is 6.03. The molecule has 0 saturated heterocycles. The van der Waals surface area contributed by atoms with E-state index in [4.69, 9.17) is 10.2 Å². The zero-order valence-corrected chi connectivity index (χ0v) is 12.4. The van der Waals surface area contributed by atoms with Crippen LogP contribution in [-0.2, 0) is 13.0 Å². The van der Waals surface area contributed by atoms with Crippen LogP contribution in [0.15, 0.2) is 53.1 Å². The molecule has 108 valence electrons. The monoisotopic (exact) mass is 272 g/mol. The summed E-state index contributed by atoms with van der Waals surface area (Å²) in [5, 5.41) is 0. The average molecular weight is 272 g/mol. The van der Waals surface area contributed by atoms with Crippen LogP contribution < -0.4 is 5.73 Å². The topological polar surface area (TPSA) is 42.4 Å². The summed E-state index contributed by atoms with van der Waals surface area (Å²) >= 11 is 0. The fourth-order valence-electron chi connectivity index (χ4n) is 2.33. The van der Waals surface area contributed by atoms with Gasteiger partial charge in [0.1, 0.15) is 5.76 Å². The van der Waals surface area contributed by atoms with Crippen LogP contribution in [0.5, 0.6) is 0 Å². The normalized spacial score (nSPS) is 14.4. The molecule has 1 heterocycles. The van der Waals surface area contributed by atoms with Gasteiger partial charge in [0, 0.05) is 12.1 Å². The van der Waals surface area contributed by atoms with Crippen LogP contribution >= 0.6 is 0 Å². The highest BCUT2D eigenvalue weighted by atomic mass is 16.3. The summed E-state index contributed by atoms with van der Waals surface area (Å²) in [6.45, 7) is 3.64. The van der Waals surface area contributed by atoms with Crippen LogP contribution in [0, 0.1) is 0 Å². The Morgan fingerprint density at radius 2 is 1.90 bits per heavy atom. The van der Waals surface area contributed by atoms with Gasteiger partial charge in [-0.25, -0.2) is 0 Å². The summed E-state index contributed by atoms with van der Waals surface area (Å²) in [5.41, 5.74) is 7.36. The highest BCUT2D eigenvalue weighted by Gasteiger charge is 2.27. The highest BCUT2D eigenvalue weighted by molar-refractivity contribution is 5.15. The van der Waals surface area contributed by atoms with Crippen LogP contribution in [0.2, 0.25) is 0 Å². The lowest BCUT2D eigenvalue weighted by atomic mass is 9.91. The summed E-state index contributed by atoms with van der Waals surface area (Å²) < 4.78 is 5.42. The standard InChI is InChI=1S/C17H24N2O/c1-17(14-18,11-10-15-7-4-3-5-8-15)19(2)13-16-9-6-12-20-16/h3-9,12H,10-11,13-14,18H2,1-2H3. The molecule has 0 aliphatic heterocycles. The Hall–Kier alpha value is -1.58. The SMILES string of the molecule is CN(Cc1ccco1)C(C)(CN)CCc1ccccc1. The van der Waals surface area contributed by atoms with Gasteiger partial charge in [-0.15, -0.1) is 0 Å². The first-order valence-corrected chi connectivity index (χ1v) is 7.12. The Morgan fingerprint density at radius 3 is 2.50 bits per heavy atom. The zero-order valence-electron chi connectivity index (χ0n) is 12.4. The lowest BCUT2D eigenvalue weighted by Gasteiger charge is -2.37. The molecule has 0 amide bonds. The fraction of sp³-hybridized carbons (Fsp3) is 0.412. The van der Waals surface area contributed by atoms with Crippen molar-refractivity contribution >= 4 is 0 Å². The van der Waals surface area contributed by atoms with E-state index in [9.17, 15) is 0 Å². The number of benzene rings is 1. The summed E-state index contributed by atoms with van der Waals surface area (Å²) in [5.74, 6) is 0.979. The largest absolute Gasteiger partial charge is 0.468 e. The molecule has 2 rings (SSSR count). The maximum Gasteiger partial charge on any atom is 0.117 e. The minimum atomic E-state index is -0.0252. The van der Waals surface area contributed by atoms with Crippen molar-refractivity contribution in [3.05, 3.63) is 60.1 Å². The predicted octanol–water partition coefficient (Wildman–Crippen LogP) is 3.06. The van der Waals surface area contributed by atoms with Crippen LogP contribution in [0.3, 0.4) is 0 Å². The van der Waals surface area contributed by atoms with Gasteiger partial charge in [-0.2, -0.15) is 0 Å². The number of aryl methyl sites for hydroxylation is 1. The molecule has 20 heavy (non-hydrogen) atoms. The molecule has 3 heteroatoms. The van der Waals surface area contributed by atoms with Gasteiger partial charge in [0.05, 0.1) is 12.8 Å². The van der Waals surface area contributed by atoms with Gasteiger partial charge in [-0.3, -0.25) is 4.90 Å². The van der Waals surface area contributed by atoms with Gasteiger partial charge in [0.15, 0.2) is 0 Å². The van der Waals surface area contributed by atoms with E-state index in [2.05, 4.69) is 49.2 Å². The smallest absolute Gasteiger partial charge is 0.117 e. The Labute approximate surface area is 121 Å². The molecule has 1 aromatic carbocycles. The van der Waals surface area contributed by atoms with Crippen molar-refractivity contribution in [3.63, 3.8) is 0 Å². The first-order valence-electron chi connectivity index (χ1n) is 7.12. The van der Waals surface area contributed by atoms with E-state index in [1.54, 1.807) is 6.26 Å².